The van der Waals surface area contributed by atoms with Crippen LogP contribution in [0, 0.1) is 0 Å². The van der Waals surface area contributed by atoms with E-state index in [1.165, 1.54) is 0 Å². The van der Waals surface area contributed by atoms with E-state index < -0.39 is 5.97 Å². The van der Waals surface area contributed by atoms with Crippen molar-refractivity contribution in [3.63, 3.8) is 0 Å². The maximum absolute atomic E-state index is 9.87. The molecule has 9 heavy (non-hydrogen) atoms. The van der Waals surface area contributed by atoms with Crippen LogP contribution in [0.15, 0.2) is 0 Å². The predicted molar refractivity (Wildman–Crippen MR) is 32.9 cm³/mol. The first-order valence-corrected chi connectivity index (χ1v) is 2.99. The van der Waals surface area contributed by atoms with Gasteiger partial charge < -0.3 is 6.53 Å². The van der Waals surface area contributed by atoms with Crippen molar-refractivity contribution in [1.29, 1.82) is 0 Å². The summed E-state index contributed by atoms with van der Waals surface area (Å²) in [5.41, 5.74) is 0. The molecule has 0 heterocycles. The van der Waals surface area contributed by atoms with Crippen LogP contribution in [-0.2, 0) is 4.79 Å². The molecule has 0 spiro atoms. The summed E-state index contributed by atoms with van der Waals surface area (Å²) in [7, 11) is 0. The Morgan fingerprint density at radius 3 is 2.44 bits per heavy atom. The maximum Gasteiger partial charge on any atom is 1.00 e. The summed E-state index contributed by atoms with van der Waals surface area (Å²) >= 11 is 0. The average Bonchev–Trinajstić information content (AvgIpc) is 1.66. The molecule has 0 fully saturated rings. The van der Waals surface area contributed by atoms with Crippen LogP contribution in [0.3, 0.4) is 0 Å². The smallest absolute Gasteiger partial charge is 1.00 e. The normalized spacial score (nSPS) is 8.11. The third-order valence-electron chi connectivity index (χ3n) is 0.994. The molecule has 0 aromatic heterocycles. The molecule has 3 heteroatoms. The van der Waals surface area contributed by atoms with Crippen LogP contribution in [0.4, 0.5) is 0 Å². The number of aliphatic carboxylic acids is 1. The standard InChI is InChI=1S/C6H12O2.Rb.H/c1-2-3-4-5-6(7)8;;/h2-5H2,1H3,(H,7,8);;/q;+1;-1. The van der Waals surface area contributed by atoms with Gasteiger partial charge in [0.05, 0.1) is 0 Å². The van der Waals surface area contributed by atoms with E-state index in [-0.39, 0.29) is 59.6 Å². The average molecular weight is 203 g/mol. The van der Waals surface area contributed by atoms with E-state index in [1.807, 2.05) is 0 Å². The van der Waals surface area contributed by atoms with E-state index in [0.717, 1.165) is 19.3 Å². The molecule has 2 nitrogen and oxygen atoms in total. The summed E-state index contributed by atoms with van der Waals surface area (Å²) in [6.45, 7) is 2.06. The first kappa shape index (κ1) is 12.9. The SMILES string of the molecule is CCCCCC(=O)O.[H-].[Rb+]. The van der Waals surface area contributed by atoms with Gasteiger partial charge in [-0.2, -0.15) is 0 Å². The molecule has 0 aliphatic rings. The van der Waals surface area contributed by atoms with Crippen molar-refractivity contribution in [3.05, 3.63) is 0 Å². The third-order valence-corrected chi connectivity index (χ3v) is 0.994. The molecular formula is C6H13O2Rb. The molecule has 1 N–H and O–H groups in total. The number of carbonyl (C=O) groups is 1. The first-order valence-electron chi connectivity index (χ1n) is 2.99. The van der Waals surface area contributed by atoms with E-state index in [0.29, 0.717) is 6.42 Å². The van der Waals surface area contributed by atoms with E-state index >= 15 is 0 Å². The molecule has 0 radical (unpaired) electrons. The summed E-state index contributed by atoms with van der Waals surface area (Å²) in [4.78, 5) is 9.87. The Labute approximate surface area is 106 Å². The van der Waals surface area contributed by atoms with Crippen LogP contribution in [0.2, 0.25) is 0 Å². The van der Waals surface area contributed by atoms with Crippen LogP contribution in [-0.4, -0.2) is 11.1 Å². The Hall–Kier alpha value is 1.28. The van der Waals surface area contributed by atoms with Gasteiger partial charge in [0.2, 0.25) is 0 Å². The zero-order chi connectivity index (χ0) is 6.41. The summed E-state index contributed by atoms with van der Waals surface area (Å²) in [5.74, 6) is -0.682. The second kappa shape index (κ2) is 9.28. The summed E-state index contributed by atoms with van der Waals surface area (Å²) in [6.07, 6.45) is 3.28. The Bertz CT molecular complexity index is 78.1. The van der Waals surface area contributed by atoms with E-state index in [9.17, 15) is 4.79 Å². The zero-order valence-electron chi connectivity index (χ0n) is 7.18. The van der Waals surface area contributed by atoms with Crippen LogP contribution in [0.25, 0.3) is 0 Å². The topological polar surface area (TPSA) is 37.3 Å². The van der Waals surface area contributed by atoms with Crippen molar-refractivity contribution in [2.24, 2.45) is 0 Å². The monoisotopic (exact) mass is 202 g/mol. The van der Waals surface area contributed by atoms with Crippen LogP contribution in [0.5, 0.6) is 0 Å². The van der Waals surface area contributed by atoms with Gasteiger partial charge in [0.1, 0.15) is 0 Å². The molecule has 0 bridgehead atoms. The first-order chi connectivity index (χ1) is 3.77. The van der Waals surface area contributed by atoms with E-state index in [4.69, 9.17) is 5.11 Å². The fourth-order valence-electron chi connectivity index (χ4n) is 0.526. The molecule has 0 saturated carbocycles. The molecule has 0 aliphatic heterocycles. The molecule has 0 unspecified atom stereocenters. The van der Waals surface area contributed by atoms with Crippen LogP contribution < -0.4 is 58.2 Å². The number of carboxylic acids is 1. The molecule has 0 aliphatic carbocycles. The van der Waals surface area contributed by atoms with Crippen molar-refractivity contribution in [3.8, 4) is 0 Å². The molecule has 0 rings (SSSR count). The Balaban J connectivity index is -0.000000245. The van der Waals surface area contributed by atoms with E-state index in [1.54, 1.807) is 0 Å². The van der Waals surface area contributed by atoms with Crippen molar-refractivity contribution in [1.82, 2.24) is 0 Å². The van der Waals surface area contributed by atoms with Gasteiger partial charge in [-0.15, -0.1) is 0 Å². The molecule has 0 aromatic carbocycles. The van der Waals surface area contributed by atoms with Gasteiger partial charge in [-0.1, -0.05) is 19.8 Å². The Morgan fingerprint density at radius 1 is 1.56 bits per heavy atom. The van der Waals surface area contributed by atoms with Crippen LogP contribution in [0.1, 0.15) is 34.0 Å². The van der Waals surface area contributed by atoms with Gasteiger partial charge in [-0.25, -0.2) is 0 Å². The summed E-state index contributed by atoms with van der Waals surface area (Å²) in [5, 5.41) is 8.14. The van der Waals surface area contributed by atoms with Crippen LogP contribution >= 0.6 is 0 Å². The van der Waals surface area contributed by atoms with Gasteiger partial charge in [0, 0.05) is 6.42 Å². The second-order valence-electron chi connectivity index (χ2n) is 1.85. The minimum Gasteiger partial charge on any atom is -1.00 e. The number of hydrogen-bond donors (Lipinski definition) is 1. The Kier molecular flexibility index (Phi) is 13.3. The molecule has 0 saturated heterocycles. The fourth-order valence-corrected chi connectivity index (χ4v) is 0.526. The van der Waals surface area contributed by atoms with Crippen molar-refractivity contribution >= 4 is 5.97 Å². The summed E-state index contributed by atoms with van der Waals surface area (Å²) < 4.78 is 0. The Morgan fingerprint density at radius 2 is 2.11 bits per heavy atom. The number of rotatable bonds is 4. The van der Waals surface area contributed by atoms with Gasteiger partial charge >= 0.3 is 64.2 Å². The van der Waals surface area contributed by atoms with Gasteiger partial charge in [0.15, 0.2) is 0 Å². The quantitative estimate of drug-likeness (QED) is 0.580. The second-order valence-corrected chi connectivity index (χ2v) is 1.85. The molecular weight excluding hydrogens is 190 g/mol. The fraction of sp³-hybridized carbons (Fsp3) is 0.833. The molecule has 0 amide bonds. The molecule has 0 atom stereocenters. The molecule has 0 aromatic rings. The van der Waals surface area contributed by atoms with E-state index in [2.05, 4.69) is 6.92 Å². The summed E-state index contributed by atoms with van der Waals surface area (Å²) in [6, 6.07) is 0. The zero-order valence-corrected chi connectivity index (χ0v) is 11.1. The number of unbranched alkanes of at least 4 members (excludes halogenated alkanes) is 2. The van der Waals surface area contributed by atoms with Crippen molar-refractivity contribution < 1.29 is 69.5 Å². The van der Waals surface area contributed by atoms with Gasteiger partial charge in [-0.3, -0.25) is 4.79 Å². The van der Waals surface area contributed by atoms with Crippen molar-refractivity contribution in [2.75, 3.05) is 0 Å². The predicted octanol–water partition coefficient (Wildman–Crippen LogP) is -1.23. The maximum atomic E-state index is 9.87. The number of carboxylic acid groups (broad SMARTS) is 1. The molecule has 50 valence electrons. The van der Waals surface area contributed by atoms with Gasteiger partial charge in [-0.05, 0) is 6.42 Å². The largest absolute Gasteiger partial charge is 1.00 e. The third kappa shape index (κ3) is 12.5. The van der Waals surface area contributed by atoms with Gasteiger partial charge in [0.25, 0.3) is 0 Å². The van der Waals surface area contributed by atoms with Crippen molar-refractivity contribution in [2.45, 2.75) is 32.6 Å². The number of hydrogen-bond acceptors (Lipinski definition) is 1. The minimum atomic E-state index is -0.682. The minimum absolute atomic E-state index is 0.